The molecule has 0 saturated carbocycles. The van der Waals surface area contributed by atoms with E-state index in [1.165, 1.54) is 5.56 Å². The summed E-state index contributed by atoms with van der Waals surface area (Å²) in [5.41, 5.74) is 3.05. The summed E-state index contributed by atoms with van der Waals surface area (Å²) in [6, 6.07) is 27.9. The standard InChI is InChI=1S/C20H17ClN2/c21-18-13-7-8-14-19(18)23-20(17-11-5-2-6-12-17)22-15-16-9-3-1-4-10-16/h1-14H,15H2,(H,22,23). The second-order valence-electron chi connectivity index (χ2n) is 5.12. The van der Waals surface area contributed by atoms with Crippen molar-refractivity contribution in [1.82, 2.24) is 0 Å². The van der Waals surface area contributed by atoms with Gasteiger partial charge < -0.3 is 5.32 Å². The van der Waals surface area contributed by atoms with Gasteiger partial charge in [0, 0.05) is 5.56 Å². The van der Waals surface area contributed by atoms with Crippen LogP contribution in [-0.2, 0) is 6.54 Å². The topological polar surface area (TPSA) is 24.4 Å². The minimum atomic E-state index is 0.614. The molecule has 3 aromatic carbocycles. The van der Waals surface area contributed by atoms with Crippen LogP contribution in [0.5, 0.6) is 0 Å². The molecule has 0 heterocycles. The fourth-order valence-electron chi connectivity index (χ4n) is 2.24. The SMILES string of the molecule is Clc1ccccc1NC(=NCc1ccccc1)c1ccccc1. The van der Waals surface area contributed by atoms with E-state index in [9.17, 15) is 0 Å². The number of amidine groups is 1. The molecule has 0 bridgehead atoms. The first-order valence-corrected chi connectivity index (χ1v) is 7.86. The quantitative estimate of drug-likeness (QED) is 0.505. The zero-order valence-corrected chi connectivity index (χ0v) is 13.4. The number of halogens is 1. The zero-order chi connectivity index (χ0) is 15.9. The highest BCUT2D eigenvalue weighted by Gasteiger charge is 2.06. The molecule has 114 valence electrons. The second kappa shape index (κ2) is 7.61. The van der Waals surface area contributed by atoms with E-state index in [2.05, 4.69) is 17.4 Å². The molecule has 0 aromatic heterocycles. The fraction of sp³-hybridized carbons (Fsp3) is 0.0500. The Hall–Kier alpha value is -2.58. The average Bonchev–Trinajstić information content (AvgIpc) is 2.62. The lowest BCUT2D eigenvalue weighted by molar-refractivity contribution is 1.07. The van der Waals surface area contributed by atoms with Crippen LogP contribution in [0.15, 0.2) is 89.9 Å². The van der Waals surface area contributed by atoms with Crippen LogP contribution in [0.1, 0.15) is 11.1 Å². The Bertz CT molecular complexity index is 783. The van der Waals surface area contributed by atoms with E-state index in [0.717, 1.165) is 17.1 Å². The van der Waals surface area contributed by atoms with E-state index in [1.807, 2.05) is 72.8 Å². The minimum Gasteiger partial charge on any atom is -0.339 e. The van der Waals surface area contributed by atoms with Crippen LogP contribution in [0.4, 0.5) is 5.69 Å². The Balaban J connectivity index is 1.89. The Labute approximate surface area is 141 Å². The highest BCUT2D eigenvalue weighted by molar-refractivity contribution is 6.34. The molecule has 23 heavy (non-hydrogen) atoms. The van der Waals surface area contributed by atoms with Gasteiger partial charge in [0.05, 0.1) is 17.3 Å². The molecule has 0 aliphatic heterocycles. The maximum atomic E-state index is 6.26. The summed E-state index contributed by atoms with van der Waals surface area (Å²) in [7, 11) is 0. The Kier molecular flexibility index (Phi) is 5.07. The summed E-state index contributed by atoms with van der Waals surface area (Å²) in [6.45, 7) is 0.614. The van der Waals surface area contributed by atoms with E-state index in [4.69, 9.17) is 16.6 Å². The van der Waals surface area contributed by atoms with Crippen molar-refractivity contribution in [3.8, 4) is 0 Å². The van der Waals surface area contributed by atoms with Crippen molar-refractivity contribution < 1.29 is 0 Å². The molecule has 0 fully saturated rings. The van der Waals surface area contributed by atoms with E-state index < -0.39 is 0 Å². The van der Waals surface area contributed by atoms with Crippen molar-refractivity contribution in [2.45, 2.75) is 6.54 Å². The molecule has 0 saturated heterocycles. The predicted molar refractivity (Wildman–Crippen MR) is 98.2 cm³/mol. The Morgan fingerprint density at radius 2 is 1.39 bits per heavy atom. The molecule has 3 rings (SSSR count). The van der Waals surface area contributed by atoms with Crippen molar-refractivity contribution in [2.24, 2.45) is 4.99 Å². The molecule has 2 nitrogen and oxygen atoms in total. The number of hydrogen-bond acceptors (Lipinski definition) is 1. The maximum Gasteiger partial charge on any atom is 0.133 e. The summed E-state index contributed by atoms with van der Waals surface area (Å²) in [5.74, 6) is 0.808. The van der Waals surface area contributed by atoms with Crippen molar-refractivity contribution in [3.63, 3.8) is 0 Å². The number of aliphatic imine (C=N–C) groups is 1. The largest absolute Gasteiger partial charge is 0.339 e. The van der Waals surface area contributed by atoms with Crippen LogP contribution in [0.25, 0.3) is 0 Å². The maximum absolute atomic E-state index is 6.26. The lowest BCUT2D eigenvalue weighted by Gasteiger charge is -2.12. The third-order valence-corrected chi connectivity index (χ3v) is 3.77. The van der Waals surface area contributed by atoms with Gasteiger partial charge in [0.15, 0.2) is 0 Å². The summed E-state index contributed by atoms with van der Waals surface area (Å²) in [4.78, 5) is 4.75. The molecule has 0 spiro atoms. The molecule has 0 aliphatic carbocycles. The van der Waals surface area contributed by atoms with Crippen molar-refractivity contribution in [2.75, 3.05) is 5.32 Å². The van der Waals surface area contributed by atoms with E-state index in [0.29, 0.717) is 11.6 Å². The molecule has 0 atom stereocenters. The molecule has 0 radical (unpaired) electrons. The van der Waals surface area contributed by atoms with Gasteiger partial charge in [-0.05, 0) is 17.7 Å². The van der Waals surface area contributed by atoms with Gasteiger partial charge in [-0.15, -0.1) is 0 Å². The molecule has 0 aliphatic rings. The lowest BCUT2D eigenvalue weighted by atomic mass is 10.2. The molecule has 0 amide bonds. The van der Waals surface area contributed by atoms with Crippen molar-refractivity contribution in [1.29, 1.82) is 0 Å². The Morgan fingerprint density at radius 3 is 2.09 bits per heavy atom. The predicted octanol–water partition coefficient (Wildman–Crippen LogP) is 5.40. The van der Waals surface area contributed by atoms with Gasteiger partial charge in [0.25, 0.3) is 0 Å². The second-order valence-corrected chi connectivity index (χ2v) is 5.53. The number of anilines is 1. The normalized spacial score (nSPS) is 11.3. The van der Waals surface area contributed by atoms with E-state index in [1.54, 1.807) is 0 Å². The van der Waals surface area contributed by atoms with Crippen LogP contribution >= 0.6 is 11.6 Å². The van der Waals surface area contributed by atoms with Crippen LogP contribution in [0, 0.1) is 0 Å². The number of nitrogens with one attached hydrogen (secondary N) is 1. The van der Waals surface area contributed by atoms with Crippen LogP contribution in [0.3, 0.4) is 0 Å². The summed E-state index contributed by atoms with van der Waals surface area (Å²) in [6.07, 6.45) is 0. The number of para-hydroxylation sites is 1. The summed E-state index contributed by atoms with van der Waals surface area (Å²) in [5, 5.41) is 4.03. The molecular weight excluding hydrogens is 304 g/mol. The molecule has 0 unspecified atom stereocenters. The smallest absolute Gasteiger partial charge is 0.133 e. The van der Waals surface area contributed by atoms with Crippen LogP contribution < -0.4 is 5.32 Å². The van der Waals surface area contributed by atoms with E-state index in [-0.39, 0.29) is 0 Å². The average molecular weight is 321 g/mol. The number of nitrogens with zero attached hydrogens (tertiary/aromatic N) is 1. The molecule has 1 N–H and O–H groups in total. The molecule has 3 aromatic rings. The van der Waals surface area contributed by atoms with Crippen LogP contribution in [-0.4, -0.2) is 5.84 Å². The van der Waals surface area contributed by atoms with Gasteiger partial charge in [0.2, 0.25) is 0 Å². The summed E-state index contributed by atoms with van der Waals surface area (Å²) < 4.78 is 0. The number of rotatable bonds is 4. The molecule has 3 heteroatoms. The number of benzene rings is 3. The van der Waals surface area contributed by atoms with Crippen molar-refractivity contribution >= 4 is 23.1 Å². The molecular formula is C20H17ClN2. The van der Waals surface area contributed by atoms with Gasteiger partial charge in [-0.2, -0.15) is 0 Å². The number of hydrogen-bond donors (Lipinski definition) is 1. The fourth-order valence-corrected chi connectivity index (χ4v) is 2.43. The summed E-state index contributed by atoms with van der Waals surface area (Å²) >= 11 is 6.26. The van der Waals surface area contributed by atoms with Crippen molar-refractivity contribution in [3.05, 3.63) is 101 Å². The van der Waals surface area contributed by atoms with Crippen LogP contribution in [0.2, 0.25) is 5.02 Å². The first kappa shape index (κ1) is 15.3. The third-order valence-electron chi connectivity index (χ3n) is 3.44. The van der Waals surface area contributed by atoms with Gasteiger partial charge in [-0.1, -0.05) is 84.4 Å². The van der Waals surface area contributed by atoms with E-state index >= 15 is 0 Å². The first-order chi connectivity index (χ1) is 11.3. The lowest BCUT2D eigenvalue weighted by Crippen LogP contribution is -2.14. The Morgan fingerprint density at radius 1 is 0.783 bits per heavy atom. The highest BCUT2D eigenvalue weighted by atomic mass is 35.5. The highest BCUT2D eigenvalue weighted by Crippen LogP contribution is 2.21. The van der Waals surface area contributed by atoms with Gasteiger partial charge >= 0.3 is 0 Å². The van der Waals surface area contributed by atoms with Gasteiger partial charge in [-0.3, -0.25) is 4.99 Å². The van der Waals surface area contributed by atoms with Gasteiger partial charge in [0.1, 0.15) is 5.84 Å². The first-order valence-electron chi connectivity index (χ1n) is 7.48. The zero-order valence-electron chi connectivity index (χ0n) is 12.6. The minimum absolute atomic E-state index is 0.614. The monoisotopic (exact) mass is 320 g/mol. The third kappa shape index (κ3) is 4.21. The van der Waals surface area contributed by atoms with Gasteiger partial charge in [-0.25, -0.2) is 0 Å².